The van der Waals surface area contributed by atoms with Gasteiger partial charge in [0.05, 0.1) is 0 Å². The van der Waals surface area contributed by atoms with Crippen LogP contribution in [0.25, 0.3) is 0 Å². The van der Waals surface area contributed by atoms with Crippen LogP contribution < -0.4 is 0 Å². The van der Waals surface area contributed by atoms with Crippen LogP contribution in [-0.4, -0.2) is 37.2 Å². The summed E-state index contributed by atoms with van der Waals surface area (Å²) in [4.78, 5) is 37.9. The van der Waals surface area contributed by atoms with Gasteiger partial charge in [0.25, 0.3) is 0 Å². The highest BCUT2D eigenvalue weighted by Gasteiger charge is 2.19. The van der Waals surface area contributed by atoms with E-state index in [1.165, 1.54) is 135 Å². The Morgan fingerprint density at radius 2 is 0.639 bits per heavy atom. The maximum atomic E-state index is 12.8. The molecule has 0 saturated carbocycles. The lowest BCUT2D eigenvalue weighted by atomic mass is 10.0. The van der Waals surface area contributed by atoms with Crippen molar-refractivity contribution in [3.8, 4) is 0 Å². The maximum Gasteiger partial charge on any atom is 0.306 e. The standard InChI is InChI=1S/C55H98O6/c1-4-7-10-13-16-19-22-25-26-27-28-29-31-33-36-39-42-45-48-54(57)60-51-52(50-59-53(56)47-44-41-38-35-32-24-21-18-15-12-9-6-3)61-55(58)49-46-43-40-37-34-30-23-20-17-14-11-8-5-2/h8,11,17-18,20-21,30,34,52H,4-7,9-10,12-16,19,22-29,31-33,35-51H2,1-3H3/b11-8-,20-17-,21-18-,34-30-. The lowest BCUT2D eigenvalue weighted by Crippen LogP contribution is -2.30. The van der Waals surface area contributed by atoms with E-state index in [4.69, 9.17) is 14.2 Å². The van der Waals surface area contributed by atoms with E-state index in [0.717, 1.165) is 89.9 Å². The van der Waals surface area contributed by atoms with Crippen molar-refractivity contribution < 1.29 is 28.6 Å². The number of rotatable bonds is 47. The summed E-state index contributed by atoms with van der Waals surface area (Å²) in [6.45, 7) is 6.49. The second kappa shape index (κ2) is 50.0. The van der Waals surface area contributed by atoms with Crippen LogP contribution in [0.4, 0.5) is 0 Å². The Kier molecular flexibility index (Phi) is 47.9. The van der Waals surface area contributed by atoms with Gasteiger partial charge in [0.2, 0.25) is 0 Å². The lowest BCUT2D eigenvalue weighted by molar-refractivity contribution is -0.167. The summed E-state index contributed by atoms with van der Waals surface area (Å²) in [6, 6.07) is 0. The molecular weight excluding hydrogens is 757 g/mol. The summed E-state index contributed by atoms with van der Waals surface area (Å²) < 4.78 is 16.8. The molecule has 0 heterocycles. The minimum absolute atomic E-state index is 0.0852. The Morgan fingerprint density at radius 3 is 1.07 bits per heavy atom. The largest absolute Gasteiger partial charge is 0.462 e. The molecule has 0 aromatic rings. The topological polar surface area (TPSA) is 78.9 Å². The third-order valence-corrected chi connectivity index (χ3v) is 11.3. The van der Waals surface area contributed by atoms with Crippen LogP contribution in [0.5, 0.6) is 0 Å². The number of allylic oxidation sites excluding steroid dienone is 8. The normalized spacial score (nSPS) is 12.4. The van der Waals surface area contributed by atoms with Crippen molar-refractivity contribution in [2.24, 2.45) is 0 Å². The van der Waals surface area contributed by atoms with Gasteiger partial charge in [0.15, 0.2) is 6.10 Å². The summed E-state index contributed by atoms with van der Waals surface area (Å²) in [7, 11) is 0. The van der Waals surface area contributed by atoms with E-state index in [1.54, 1.807) is 0 Å². The number of esters is 3. The van der Waals surface area contributed by atoms with E-state index >= 15 is 0 Å². The van der Waals surface area contributed by atoms with Gasteiger partial charge in [-0.3, -0.25) is 14.4 Å². The van der Waals surface area contributed by atoms with Crippen LogP contribution in [-0.2, 0) is 28.6 Å². The molecule has 0 radical (unpaired) electrons. The van der Waals surface area contributed by atoms with Gasteiger partial charge in [-0.25, -0.2) is 0 Å². The van der Waals surface area contributed by atoms with E-state index in [9.17, 15) is 14.4 Å². The molecule has 0 fully saturated rings. The molecule has 1 atom stereocenters. The first-order valence-corrected chi connectivity index (χ1v) is 26.1. The number of ether oxygens (including phenoxy) is 3. The highest BCUT2D eigenvalue weighted by molar-refractivity contribution is 5.71. The number of carbonyl (C=O) groups excluding carboxylic acids is 3. The monoisotopic (exact) mass is 855 g/mol. The molecule has 0 rings (SSSR count). The third kappa shape index (κ3) is 48.3. The first-order valence-electron chi connectivity index (χ1n) is 26.1. The third-order valence-electron chi connectivity index (χ3n) is 11.3. The second-order valence-electron chi connectivity index (χ2n) is 17.4. The van der Waals surface area contributed by atoms with Crippen LogP contribution in [0.1, 0.15) is 265 Å². The molecule has 0 N–H and O–H groups in total. The predicted octanol–water partition coefficient (Wildman–Crippen LogP) is 17.1. The Labute approximate surface area is 378 Å². The minimum Gasteiger partial charge on any atom is -0.462 e. The highest BCUT2D eigenvalue weighted by Crippen LogP contribution is 2.16. The van der Waals surface area contributed by atoms with Crippen molar-refractivity contribution in [1.82, 2.24) is 0 Å². The predicted molar refractivity (Wildman–Crippen MR) is 261 cm³/mol. The van der Waals surface area contributed by atoms with Crippen LogP contribution in [0, 0.1) is 0 Å². The quantitative estimate of drug-likeness (QED) is 0.0263. The van der Waals surface area contributed by atoms with Crippen LogP contribution in [0.2, 0.25) is 0 Å². The molecule has 0 aromatic carbocycles. The molecule has 61 heavy (non-hydrogen) atoms. The van der Waals surface area contributed by atoms with Gasteiger partial charge in [-0.05, 0) is 77.0 Å². The van der Waals surface area contributed by atoms with Crippen molar-refractivity contribution in [3.63, 3.8) is 0 Å². The molecule has 354 valence electrons. The lowest BCUT2D eigenvalue weighted by Gasteiger charge is -2.18. The van der Waals surface area contributed by atoms with Crippen molar-refractivity contribution in [2.75, 3.05) is 13.2 Å². The van der Waals surface area contributed by atoms with Gasteiger partial charge in [0.1, 0.15) is 13.2 Å². The fourth-order valence-corrected chi connectivity index (χ4v) is 7.39. The van der Waals surface area contributed by atoms with Gasteiger partial charge in [-0.1, -0.05) is 217 Å². The van der Waals surface area contributed by atoms with Crippen molar-refractivity contribution in [2.45, 2.75) is 271 Å². The molecule has 6 nitrogen and oxygen atoms in total. The van der Waals surface area contributed by atoms with E-state index < -0.39 is 6.10 Å². The molecule has 0 aromatic heterocycles. The van der Waals surface area contributed by atoms with E-state index in [1.807, 2.05) is 0 Å². The molecule has 0 bridgehead atoms. The zero-order chi connectivity index (χ0) is 44.4. The molecule has 0 spiro atoms. The smallest absolute Gasteiger partial charge is 0.306 e. The van der Waals surface area contributed by atoms with Crippen LogP contribution in [0.15, 0.2) is 48.6 Å². The average Bonchev–Trinajstić information content (AvgIpc) is 3.26. The summed E-state index contributed by atoms with van der Waals surface area (Å²) >= 11 is 0. The van der Waals surface area contributed by atoms with Crippen molar-refractivity contribution >= 4 is 17.9 Å². The van der Waals surface area contributed by atoms with Gasteiger partial charge >= 0.3 is 17.9 Å². The average molecular weight is 855 g/mol. The summed E-state index contributed by atoms with van der Waals surface area (Å²) in [6.07, 6.45) is 59.6. The summed E-state index contributed by atoms with van der Waals surface area (Å²) in [5, 5.41) is 0. The molecular formula is C55H98O6. The second-order valence-corrected chi connectivity index (χ2v) is 17.4. The van der Waals surface area contributed by atoms with Crippen molar-refractivity contribution in [3.05, 3.63) is 48.6 Å². The Hall–Kier alpha value is -2.63. The van der Waals surface area contributed by atoms with Gasteiger partial charge in [-0.2, -0.15) is 0 Å². The van der Waals surface area contributed by atoms with Gasteiger partial charge in [-0.15, -0.1) is 0 Å². The van der Waals surface area contributed by atoms with Crippen LogP contribution in [0.3, 0.4) is 0 Å². The molecule has 0 amide bonds. The van der Waals surface area contributed by atoms with E-state index in [2.05, 4.69) is 69.4 Å². The SMILES string of the molecule is CC/C=C\C/C=C\C/C=C\CCCCCC(=O)OC(COC(=O)CCCCCCC/C=C\CCCCC)COC(=O)CCCCCCCCCCCCCCCCCCCC. The first kappa shape index (κ1) is 58.4. The van der Waals surface area contributed by atoms with Gasteiger partial charge < -0.3 is 14.2 Å². The Bertz CT molecular complexity index is 1070. The first-order chi connectivity index (χ1) is 30.0. The van der Waals surface area contributed by atoms with Crippen LogP contribution >= 0.6 is 0 Å². The number of hydrogen-bond acceptors (Lipinski definition) is 6. The molecule has 0 aliphatic carbocycles. The molecule has 6 heteroatoms. The van der Waals surface area contributed by atoms with E-state index in [-0.39, 0.29) is 31.1 Å². The maximum absolute atomic E-state index is 12.8. The molecule has 0 saturated heterocycles. The highest BCUT2D eigenvalue weighted by atomic mass is 16.6. The Morgan fingerprint density at radius 1 is 0.344 bits per heavy atom. The summed E-state index contributed by atoms with van der Waals surface area (Å²) in [5.74, 6) is -0.917. The molecule has 1 unspecified atom stereocenters. The minimum atomic E-state index is -0.788. The van der Waals surface area contributed by atoms with E-state index in [0.29, 0.717) is 19.3 Å². The fourth-order valence-electron chi connectivity index (χ4n) is 7.39. The molecule has 0 aliphatic rings. The zero-order valence-corrected chi connectivity index (χ0v) is 40.4. The fraction of sp³-hybridized carbons (Fsp3) is 0.800. The number of unbranched alkanes of at least 4 members (excludes halogenated alkanes) is 28. The Balaban J connectivity index is 4.35. The van der Waals surface area contributed by atoms with Gasteiger partial charge in [0, 0.05) is 19.3 Å². The molecule has 0 aliphatic heterocycles. The van der Waals surface area contributed by atoms with Crippen molar-refractivity contribution in [1.29, 1.82) is 0 Å². The summed E-state index contributed by atoms with van der Waals surface area (Å²) in [5.41, 5.74) is 0. The zero-order valence-electron chi connectivity index (χ0n) is 40.4. The number of carbonyl (C=O) groups is 3. The number of hydrogen-bond donors (Lipinski definition) is 0.